The Balaban J connectivity index is 1.51. The van der Waals surface area contributed by atoms with Gasteiger partial charge in [0.25, 0.3) is 0 Å². The van der Waals surface area contributed by atoms with Crippen LogP contribution >= 0.6 is 8.53 Å². The van der Waals surface area contributed by atoms with Crippen molar-refractivity contribution in [2.45, 2.75) is 0 Å². The molecule has 0 spiro atoms. The molecule has 2 N–H and O–H groups in total. The molecule has 0 fully saturated rings. The highest BCUT2D eigenvalue weighted by Crippen LogP contribution is 2.35. The van der Waals surface area contributed by atoms with Crippen molar-refractivity contribution < 1.29 is 9.05 Å². The van der Waals surface area contributed by atoms with Gasteiger partial charge in [0, 0.05) is 0 Å². The average Bonchev–Trinajstić information content (AvgIpc) is 2.61. The highest BCUT2D eigenvalue weighted by Gasteiger charge is 2.10. The summed E-state index contributed by atoms with van der Waals surface area (Å²) in [5, 5.41) is 4.57. The maximum Gasteiger partial charge on any atom is 0.378 e. The van der Waals surface area contributed by atoms with Crippen LogP contribution in [0, 0.1) is 0 Å². The Morgan fingerprint density at radius 2 is 0.958 bits per heavy atom. The normalized spacial score (nSPS) is 11.1. The molecule has 0 saturated heterocycles. The Labute approximate surface area is 141 Å². The van der Waals surface area contributed by atoms with E-state index in [4.69, 9.17) is 14.6 Å². The van der Waals surface area contributed by atoms with Gasteiger partial charge in [-0.05, 0) is 45.8 Å². The highest BCUT2D eigenvalue weighted by atomic mass is 31.2. The molecule has 0 aliphatic carbocycles. The summed E-state index contributed by atoms with van der Waals surface area (Å²) in [6.45, 7) is 0. The molecule has 0 aliphatic rings. The molecule has 4 aromatic rings. The Hall–Kier alpha value is -2.61. The van der Waals surface area contributed by atoms with Gasteiger partial charge in [0.05, 0.1) is 0 Å². The predicted octanol–water partition coefficient (Wildman–Crippen LogP) is 5.64. The van der Waals surface area contributed by atoms with E-state index in [9.17, 15) is 0 Å². The van der Waals surface area contributed by atoms with Crippen LogP contribution < -0.4 is 14.6 Å². The molecule has 118 valence electrons. The van der Waals surface area contributed by atoms with Gasteiger partial charge < -0.3 is 9.05 Å². The van der Waals surface area contributed by atoms with Crippen LogP contribution in [0.2, 0.25) is 0 Å². The minimum Gasteiger partial charge on any atom is -0.427 e. The molecular weight excluding hydrogens is 317 g/mol. The quantitative estimate of drug-likeness (QED) is 0.492. The van der Waals surface area contributed by atoms with Gasteiger partial charge in [-0.2, -0.15) is 0 Å². The van der Waals surface area contributed by atoms with Crippen molar-refractivity contribution in [1.29, 1.82) is 0 Å². The Morgan fingerprint density at radius 3 is 1.42 bits per heavy atom. The molecule has 0 unspecified atom stereocenters. The van der Waals surface area contributed by atoms with E-state index in [1.54, 1.807) is 0 Å². The van der Waals surface area contributed by atoms with Crippen LogP contribution in [0.25, 0.3) is 21.5 Å². The van der Waals surface area contributed by atoms with Crippen molar-refractivity contribution in [3.8, 4) is 11.5 Å². The first-order valence-electron chi connectivity index (χ1n) is 7.66. The second-order valence-corrected chi connectivity index (χ2v) is 6.42. The number of fused-ring (bicyclic) bond motifs is 2. The minimum absolute atomic E-state index is 0.711. The van der Waals surface area contributed by atoms with Crippen LogP contribution in [0.4, 0.5) is 0 Å². The van der Waals surface area contributed by atoms with Crippen LogP contribution in [0.1, 0.15) is 0 Å². The van der Waals surface area contributed by atoms with E-state index in [-0.39, 0.29) is 0 Å². The average molecular weight is 333 g/mol. The molecule has 4 aromatic carbocycles. The van der Waals surface area contributed by atoms with Crippen LogP contribution in [0.15, 0.2) is 84.9 Å². The van der Waals surface area contributed by atoms with Crippen molar-refractivity contribution in [2.24, 2.45) is 5.50 Å². The van der Waals surface area contributed by atoms with E-state index in [1.165, 1.54) is 10.8 Å². The Kier molecular flexibility index (Phi) is 4.04. The molecule has 0 amide bonds. The lowest BCUT2D eigenvalue weighted by atomic mass is 10.1. The predicted molar refractivity (Wildman–Crippen MR) is 100 cm³/mol. The van der Waals surface area contributed by atoms with Crippen molar-refractivity contribution in [3.05, 3.63) is 84.9 Å². The largest absolute Gasteiger partial charge is 0.427 e. The van der Waals surface area contributed by atoms with Gasteiger partial charge in [-0.1, -0.05) is 60.7 Å². The van der Waals surface area contributed by atoms with E-state index in [1.807, 2.05) is 72.8 Å². The van der Waals surface area contributed by atoms with Crippen LogP contribution in [0.5, 0.6) is 11.5 Å². The molecule has 3 nitrogen and oxygen atoms in total. The molecule has 0 aromatic heterocycles. The van der Waals surface area contributed by atoms with Crippen molar-refractivity contribution in [2.75, 3.05) is 0 Å². The second-order valence-electron chi connectivity index (χ2n) is 5.49. The summed E-state index contributed by atoms with van der Waals surface area (Å²) in [5.74, 6) is 1.42. The van der Waals surface area contributed by atoms with Gasteiger partial charge in [-0.3, -0.25) is 0 Å². The first-order chi connectivity index (χ1) is 11.8. The van der Waals surface area contributed by atoms with E-state index < -0.39 is 8.53 Å². The standard InChI is InChI=1S/C20H16NO2P/c21-24(22-19-11-9-15-5-1-3-7-17(15)13-19)23-20-12-10-16-6-2-4-8-18(16)14-20/h1-14H,21H2. The smallest absolute Gasteiger partial charge is 0.378 e. The first kappa shape index (κ1) is 14.9. The minimum atomic E-state index is -1.54. The lowest BCUT2D eigenvalue weighted by Crippen LogP contribution is -2.03. The van der Waals surface area contributed by atoms with E-state index in [0.717, 1.165) is 10.8 Å². The molecule has 0 aliphatic heterocycles. The topological polar surface area (TPSA) is 44.5 Å². The summed E-state index contributed by atoms with van der Waals surface area (Å²) in [5.41, 5.74) is 6.05. The molecule has 0 atom stereocenters. The number of benzene rings is 4. The number of hydrogen-bond donors (Lipinski definition) is 1. The summed E-state index contributed by atoms with van der Waals surface area (Å²) in [7, 11) is -1.54. The number of nitrogens with two attached hydrogens (primary N) is 1. The lowest BCUT2D eigenvalue weighted by Gasteiger charge is -2.14. The van der Waals surface area contributed by atoms with Gasteiger partial charge in [0.15, 0.2) is 0 Å². The van der Waals surface area contributed by atoms with Gasteiger partial charge in [0.2, 0.25) is 0 Å². The lowest BCUT2D eigenvalue weighted by molar-refractivity contribution is 0.492. The fraction of sp³-hybridized carbons (Fsp3) is 0. The summed E-state index contributed by atoms with van der Waals surface area (Å²) >= 11 is 0. The fourth-order valence-electron chi connectivity index (χ4n) is 2.67. The van der Waals surface area contributed by atoms with Gasteiger partial charge in [-0.15, -0.1) is 0 Å². The van der Waals surface area contributed by atoms with E-state index in [0.29, 0.717) is 11.5 Å². The zero-order valence-corrected chi connectivity index (χ0v) is 13.8. The van der Waals surface area contributed by atoms with E-state index >= 15 is 0 Å². The number of rotatable bonds is 4. The fourth-order valence-corrected chi connectivity index (χ4v) is 3.35. The summed E-state index contributed by atoms with van der Waals surface area (Å²) in [6.07, 6.45) is 0. The van der Waals surface area contributed by atoms with Gasteiger partial charge in [-0.25, -0.2) is 5.50 Å². The second kappa shape index (κ2) is 6.48. The first-order valence-corrected chi connectivity index (χ1v) is 8.91. The number of hydrogen-bond acceptors (Lipinski definition) is 3. The molecule has 4 rings (SSSR count). The Morgan fingerprint density at radius 1 is 0.542 bits per heavy atom. The summed E-state index contributed by atoms with van der Waals surface area (Å²) in [4.78, 5) is 0. The molecule has 0 bridgehead atoms. The summed E-state index contributed by atoms with van der Waals surface area (Å²) in [6, 6.07) is 28.1. The molecule has 4 heteroatoms. The van der Waals surface area contributed by atoms with Crippen molar-refractivity contribution in [1.82, 2.24) is 0 Å². The molecule has 0 radical (unpaired) electrons. The SMILES string of the molecule is NP(Oc1ccc2ccccc2c1)Oc1ccc2ccccc2c1. The maximum atomic E-state index is 6.05. The maximum absolute atomic E-state index is 6.05. The third-order valence-corrected chi connectivity index (χ3v) is 4.61. The van der Waals surface area contributed by atoms with Crippen molar-refractivity contribution in [3.63, 3.8) is 0 Å². The molecule has 0 saturated carbocycles. The Bertz CT molecular complexity index is 921. The van der Waals surface area contributed by atoms with Gasteiger partial charge in [0.1, 0.15) is 11.5 Å². The molecule has 24 heavy (non-hydrogen) atoms. The van der Waals surface area contributed by atoms with Crippen LogP contribution in [0.3, 0.4) is 0 Å². The van der Waals surface area contributed by atoms with Gasteiger partial charge >= 0.3 is 8.53 Å². The summed E-state index contributed by atoms with van der Waals surface area (Å²) < 4.78 is 11.5. The molecule has 0 heterocycles. The zero-order chi connectivity index (χ0) is 16.4. The highest BCUT2D eigenvalue weighted by molar-refractivity contribution is 7.45. The third kappa shape index (κ3) is 3.18. The molecular formula is C20H16NO2P. The van der Waals surface area contributed by atoms with Crippen molar-refractivity contribution >= 4 is 30.1 Å². The van der Waals surface area contributed by atoms with Crippen LogP contribution in [-0.4, -0.2) is 0 Å². The monoisotopic (exact) mass is 333 g/mol. The third-order valence-electron chi connectivity index (χ3n) is 3.83. The van der Waals surface area contributed by atoms with Crippen LogP contribution in [-0.2, 0) is 0 Å². The zero-order valence-electron chi connectivity index (χ0n) is 12.9. The van der Waals surface area contributed by atoms with E-state index in [2.05, 4.69) is 12.1 Å².